The number of likely N-dealkylation sites (tertiary alicyclic amines) is 1. The predicted molar refractivity (Wildman–Crippen MR) is 138 cm³/mol. The monoisotopic (exact) mass is 612 g/mol. The van der Waals surface area contributed by atoms with Crippen molar-refractivity contribution in [2.45, 2.75) is 24.3 Å². The third kappa shape index (κ3) is 6.47. The first-order valence-electron chi connectivity index (χ1n) is 11.5. The lowest BCUT2D eigenvalue weighted by Gasteiger charge is -2.42. The summed E-state index contributed by atoms with van der Waals surface area (Å²) >= 11 is 9.29. The van der Waals surface area contributed by atoms with E-state index in [0.717, 1.165) is 5.56 Å². The van der Waals surface area contributed by atoms with Gasteiger partial charge in [0.25, 0.3) is 0 Å². The zero-order valence-electron chi connectivity index (χ0n) is 19.8. The number of aromatic nitrogens is 1. The highest BCUT2D eigenvalue weighted by Gasteiger charge is 2.59. The number of rotatable bonds is 5. The van der Waals surface area contributed by atoms with E-state index in [1.54, 1.807) is 47.4 Å². The Morgan fingerprint density at radius 1 is 1.13 bits per heavy atom. The third-order valence-corrected chi connectivity index (χ3v) is 7.10. The fourth-order valence-electron chi connectivity index (χ4n) is 3.96. The van der Waals surface area contributed by atoms with Gasteiger partial charge in [0.1, 0.15) is 24.2 Å². The molecule has 2 atom stereocenters. The van der Waals surface area contributed by atoms with Crippen molar-refractivity contribution in [3.8, 4) is 28.7 Å². The fraction of sp³-hybridized carbons (Fsp3) is 0.296. The highest BCUT2D eigenvalue weighted by molar-refractivity contribution is 9.10. The van der Waals surface area contributed by atoms with Crippen LogP contribution in [0.25, 0.3) is 11.1 Å². The van der Waals surface area contributed by atoms with Crippen molar-refractivity contribution in [3.63, 3.8) is 0 Å². The SMILES string of the molecule is O[C@@H]1CN(CCOc2ccc(C#Cc3ncc(-c4ccc(Cl)cc4)cc3F)cc2Br)CC[C@@]1(O)C(F)(F)F. The van der Waals surface area contributed by atoms with E-state index in [2.05, 4.69) is 32.8 Å². The van der Waals surface area contributed by atoms with E-state index in [1.807, 2.05) is 0 Å². The molecule has 1 aliphatic rings. The van der Waals surface area contributed by atoms with E-state index in [9.17, 15) is 27.8 Å². The second-order valence-electron chi connectivity index (χ2n) is 8.79. The fourth-order valence-corrected chi connectivity index (χ4v) is 4.58. The molecular formula is C27H22BrClF4N2O3. The van der Waals surface area contributed by atoms with Crippen molar-refractivity contribution in [2.24, 2.45) is 0 Å². The molecule has 200 valence electrons. The van der Waals surface area contributed by atoms with Crippen molar-refractivity contribution in [3.05, 3.63) is 81.3 Å². The number of hydrogen-bond donors (Lipinski definition) is 2. The molecule has 4 rings (SSSR count). The molecule has 0 amide bonds. The van der Waals surface area contributed by atoms with Crippen LogP contribution < -0.4 is 4.74 Å². The van der Waals surface area contributed by atoms with E-state index in [1.165, 1.54) is 12.3 Å². The van der Waals surface area contributed by atoms with Gasteiger partial charge in [0.05, 0.1) is 4.47 Å². The van der Waals surface area contributed by atoms with Crippen LogP contribution in [0.3, 0.4) is 0 Å². The second kappa shape index (κ2) is 11.6. The number of hydrogen-bond acceptors (Lipinski definition) is 5. The normalized spacial score (nSPS) is 20.1. The van der Waals surface area contributed by atoms with E-state index in [-0.39, 0.29) is 31.9 Å². The predicted octanol–water partition coefficient (Wildman–Crippen LogP) is 5.44. The summed E-state index contributed by atoms with van der Waals surface area (Å²) in [5, 5.41) is 20.2. The summed E-state index contributed by atoms with van der Waals surface area (Å²) in [5.74, 6) is 5.51. The summed E-state index contributed by atoms with van der Waals surface area (Å²) in [4.78, 5) is 5.72. The van der Waals surface area contributed by atoms with Crippen LogP contribution in [0.4, 0.5) is 17.6 Å². The summed E-state index contributed by atoms with van der Waals surface area (Å²) in [5.41, 5.74) is -1.14. The molecule has 3 aromatic rings. The Balaban J connectivity index is 1.33. The van der Waals surface area contributed by atoms with E-state index in [0.29, 0.717) is 26.4 Å². The minimum atomic E-state index is -4.90. The van der Waals surface area contributed by atoms with Crippen molar-refractivity contribution in [1.29, 1.82) is 0 Å². The Morgan fingerprint density at radius 3 is 2.50 bits per heavy atom. The number of benzene rings is 2. The van der Waals surface area contributed by atoms with Gasteiger partial charge in [-0.3, -0.25) is 4.90 Å². The van der Waals surface area contributed by atoms with Gasteiger partial charge in [-0.15, -0.1) is 0 Å². The molecule has 1 saturated heterocycles. The van der Waals surface area contributed by atoms with Crippen LogP contribution in [0, 0.1) is 17.7 Å². The first-order chi connectivity index (χ1) is 18.0. The smallest absolute Gasteiger partial charge is 0.419 e. The molecule has 5 nitrogen and oxygen atoms in total. The van der Waals surface area contributed by atoms with Crippen LogP contribution in [-0.2, 0) is 0 Å². The van der Waals surface area contributed by atoms with Gasteiger partial charge in [0.2, 0.25) is 0 Å². The highest BCUT2D eigenvalue weighted by Crippen LogP contribution is 2.38. The number of aliphatic hydroxyl groups excluding tert-OH is 1. The Kier molecular flexibility index (Phi) is 8.65. The summed E-state index contributed by atoms with van der Waals surface area (Å²) in [6.07, 6.45) is -5.91. The molecule has 1 aliphatic heterocycles. The second-order valence-corrected chi connectivity index (χ2v) is 10.1. The Morgan fingerprint density at radius 2 is 1.87 bits per heavy atom. The van der Waals surface area contributed by atoms with Gasteiger partial charge in [0.15, 0.2) is 11.4 Å². The van der Waals surface area contributed by atoms with E-state index >= 15 is 0 Å². The average Bonchev–Trinajstić information content (AvgIpc) is 2.86. The Hall–Kier alpha value is -2.68. The van der Waals surface area contributed by atoms with Gasteiger partial charge >= 0.3 is 6.18 Å². The maximum atomic E-state index is 14.6. The summed E-state index contributed by atoms with van der Waals surface area (Å²) < 4.78 is 59.9. The number of β-amino-alcohol motifs (C(OH)–C–C–N with tert-alkyl or cyclic N) is 1. The molecule has 2 aromatic carbocycles. The minimum Gasteiger partial charge on any atom is -0.491 e. The molecule has 11 heteroatoms. The van der Waals surface area contributed by atoms with Crippen LogP contribution in [0.15, 0.2) is 59.2 Å². The van der Waals surface area contributed by atoms with Crippen molar-refractivity contribution in [1.82, 2.24) is 9.88 Å². The van der Waals surface area contributed by atoms with Gasteiger partial charge in [-0.1, -0.05) is 29.7 Å². The van der Waals surface area contributed by atoms with Crippen LogP contribution in [0.5, 0.6) is 5.75 Å². The van der Waals surface area contributed by atoms with Gasteiger partial charge in [-0.25, -0.2) is 9.37 Å². The van der Waals surface area contributed by atoms with Crippen molar-refractivity contribution >= 4 is 27.5 Å². The van der Waals surface area contributed by atoms with Crippen molar-refractivity contribution in [2.75, 3.05) is 26.2 Å². The minimum absolute atomic E-state index is 0.000280. The molecule has 2 N–H and O–H groups in total. The molecule has 1 aromatic heterocycles. The maximum Gasteiger partial charge on any atom is 0.419 e. The highest BCUT2D eigenvalue weighted by atomic mass is 79.9. The lowest BCUT2D eigenvalue weighted by molar-refractivity contribution is -0.302. The average molecular weight is 614 g/mol. The standard InChI is InChI=1S/C27H22BrClF4N2O3/c28-21-13-17(1-7-23-22(30)14-19(15-34-23)18-3-5-20(29)6-4-18)2-8-24(21)38-12-11-35-10-9-26(37,25(36)16-35)27(31,32)33/h2-6,8,13-15,25,36-37H,9-12,16H2/t25-,26+/m1/s1. The van der Waals surface area contributed by atoms with Gasteiger partial charge in [-0.2, -0.15) is 13.2 Å². The first-order valence-corrected chi connectivity index (χ1v) is 12.7. The molecule has 0 aliphatic carbocycles. The van der Waals surface area contributed by atoms with Crippen molar-refractivity contribution < 1.29 is 32.5 Å². The summed E-state index contributed by atoms with van der Waals surface area (Å²) in [7, 11) is 0. The molecule has 0 bridgehead atoms. The topological polar surface area (TPSA) is 65.8 Å². The quantitative estimate of drug-likeness (QED) is 0.296. The number of ether oxygens (including phenoxy) is 1. The molecule has 0 radical (unpaired) electrons. The molecule has 0 unspecified atom stereocenters. The van der Waals surface area contributed by atoms with E-state index < -0.39 is 30.1 Å². The molecule has 0 spiro atoms. The lowest BCUT2D eigenvalue weighted by atomic mass is 9.88. The number of nitrogens with zero attached hydrogens (tertiary/aromatic N) is 2. The summed E-state index contributed by atoms with van der Waals surface area (Å²) in [6, 6.07) is 13.4. The van der Waals surface area contributed by atoms with Gasteiger partial charge in [-0.05, 0) is 63.8 Å². The zero-order valence-corrected chi connectivity index (χ0v) is 22.1. The van der Waals surface area contributed by atoms with Crippen LogP contribution in [0.2, 0.25) is 5.02 Å². The maximum absolute atomic E-state index is 14.6. The van der Waals surface area contributed by atoms with Crippen LogP contribution >= 0.6 is 27.5 Å². The Labute approximate surface area is 230 Å². The largest absolute Gasteiger partial charge is 0.491 e. The Bertz CT molecular complexity index is 1360. The molecule has 2 heterocycles. The number of piperidine rings is 1. The molecule has 1 fully saturated rings. The molecule has 38 heavy (non-hydrogen) atoms. The number of halogens is 6. The molecule has 0 saturated carbocycles. The number of pyridine rings is 1. The van der Waals surface area contributed by atoms with Crippen LogP contribution in [-0.4, -0.2) is 64.2 Å². The van der Waals surface area contributed by atoms with Gasteiger partial charge < -0.3 is 14.9 Å². The zero-order chi connectivity index (χ0) is 27.5. The van der Waals surface area contributed by atoms with Gasteiger partial charge in [0, 0.05) is 48.4 Å². The first kappa shape index (κ1) is 28.3. The number of aliphatic hydroxyl groups is 2. The summed E-state index contributed by atoms with van der Waals surface area (Å²) in [6.45, 7) is 0.0591. The lowest BCUT2D eigenvalue weighted by Crippen LogP contribution is -2.63. The molecular weight excluding hydrogens is 592 g/mol. The number of alkyl halides is 3. The van der Waals surface area contributed by atoms with Crippen LogP contribution in [0.1, 0.15) is 17.7 Å². The third-order valence-electron chi connectivity index (χ3n) is 6.22. The van der Waals surface area contributed by atoms with E-state index in [4.69, 9.17) is 16.3 Å².